The third kappa shape index (κ3) is 2.82. The lowest BCUT2D eigenvalue weighted by Crippen LogP contribution is -2.19. The lowest BCUT2D eigenvalue weighted by atomic mass is 10.0. The Morgan fingerprint density at radius 3 is 2.73 bits per heavy atom. The van der Waals surface area contributed by atoms with Gasteiger partial charge in [0.1, 0.15) is 0 Å². The molecule has 0 aliphatic carbocycles. The highest BCUT2D eigenvalue weighted by molar-refractivity contribution is 4.74. The molecule has 66 valence electrons. The second-order valence-electron chi connectivity index (χ2n) is 3.69. The first kappa shape index (κ1) is 9.05. The van der Waals surface area contributed by atoms with Crippen molar-refractivity contribution < 1.29 is 0 Å². The lowest BCUT2D eigenvalue weighted by molar-refractivity contribution is 0.336. The monoisotopic (exact) mass is 155 g/mol. The van der Waals surface area contributed by atoms with Crippen LogP contribution in [-0.2, 0) is 0 Å². The fourth-order valence-corrected chi connectivity index (χ4v) is 1.93. The van der Waals surface area contributed by atoms with E-state index in [4.69, 9.17) is 0 Å². The number of unbranched alkanes of at least 4 members (excludes halogenated alkanes) is 1. The zero-order valence-corrected chi connectivity index (χ0v) is 7.97. The van der Waals surface area contributed by atoms with Gasteiger partial charge in [0, 0.05) is 6.54 Å². The van der Waals surface area contributed by atoms with Gasteiger partial charge in [-0.15, -0.1) is 0 Å². The van der Waals surface area contributed by atoms with E-state index >= 15 is 0 Å². The molecule has 1 aliphatic heterocycles. The standard InChI is InChI=1S/C10H21N/c1-3-5-6-10-7-8-11(4-2)9-10/h10H,3-9H2,1-2H3. The minimum absolute atomic E-state index is 1.02. The second kappa shape index (κ2) is 4.76. The van der Waals surface area contributed by atoms with E-state index in [0.717, 1.165) is 5.92 Å². The fourth-order valence-electron chi connectivity index (χ4n) is 1.93. The van der Waals surface area contributed by atoms with E-state index in [0.29, 0.717) is 0 Å². The van der Waals surface area contributed by atoms with Crippen molar-refractivity contribution in [2.75, 3.05) is 19.6 Å². The lowest BCUT2D eigenvalue weighted by Gasteiger charge is -2.12. The Balaban J connectivity index is 2.09. The van der Waals surface area contributed by atoms with Gasteiger partial charge < -0.3 is 4.90 Å². The summed E-state index contributed by atoms with van der Waals surface area (Å²) >= 11 is 0. The van der Waals surface area contributed by atoms with Crippen LogP contribution in [0.4, 0.5) is 0 Å². The third-order valence-electron chi connectivity index (χ3n) is 2.78. The smallest absolute Gasteiger partial charge is 0.00100 e. The van der Waals surface area contributed by atoms with Crippen LogP contribution in [0.25, 0.3) is 0 Å². The molecule has 0 aromatic rings. The van der Waals surface area contributed by atoms with E-state index in [1.54, 1.807) is 0 Å². The summed E-state index contributed by atoms with van der Waals surface area (Å²) in [4.78, 5) is 2.57. The number of rotatable bonds is 4. The van der Waals surface area contributed by atoms with Crippen LogP contribution in [0.2, 0.25) is 0 Å². The van der Waals surface area contributed by atoms with Gasteiger partial charge in [-0.3, -0.25) is 0 Å². The molecule has 0 spiro atoms. The van der Waals surface area contributed by atoms with E-state index in [1.807, 2.05) is 0 Å². The molecule has 1 unspecified atom stereocenters. The minimum atomic E-state index is 1.02. The van der Waals surface area contributed by atoms with Crippen molar-refractivity contribution >= 4 is 0 Å². The summed E-state index contributed by atoms with van der Waals surface area (Å²) in [5, 5.41) is 0. The molecule has 1 fully saturated rings. The predicted molar refractivity (Wildman–Crippen MR) is 49.7 cm³/mol. The molecular formula is C10H21N. The van der Waals surface area contributed by atoms with Crippen molar-refractivity contribution in [2.24, 2.45) is 5.92 Å². The third-order valence-corrected chi connectivity index (χ3v) is 2.78. The normalized spacial score (nSPS) is 26.2. The molecule has 1 heteroatoms. The Bertz CT molecular complexity index is 101. The van der Waals surface area contributed by atoms with E-state index in [-0.39, 0.29) is 0 Å². The Hall–Kier alpha value is -0.0400. The minimum Gasteiger partial charge on any atom is -0.303 e. The zero-order chi connectivity index (χ0) is 8.10. The van der Waals surface area contributed by atoms with Crippen LogP contribution in [0.1, 0.15) is 39.5 Å². The van der Waals surface area contributed by atoms with Gasteiger partial charge in [0.2, 0.25) is 0 Å². The van der Waals surface area contributed by atoms with Crippen LogP contribution in [0.3, 0.4) is 0 Å². The maximum absolute atomic E-state index is 2.57. The molecule has 1 rings (SSSR count). The molecular weight excluding hydrogens is 134 g/mol. The van der Waals surface area contributed by atoms with Crippen LogP contribution in [0.15, 0.2) is 0 Å². The van der Waals surface area contributed by atoms with Gasteiger partial charge in [0.05, 0.1) is 0 Å². The van der Waals surface area contributed by atoms with Crippen molar-refractivity contribution in [3.05, 3.63) is 0 Å². The number of nitrogens with zero attached hydrogens (tertiary/aromatic N) is 1. The molecule has 0 bridgehead atoms. The summed E-state index contributed by atoms with van der Waals surface area (Å²) in [6.07, 6.45) is 5.71. The molecule has 0 N–H and O–H groups in total. The van der Waals surface area contributed by atoms with Gasteiger partial charge in [0.25, 0.3) is 0 Å². The molecule has 0 aromatic heterocycles. The SMILES string of the molecule is CCCCC1CCN(CC)C1. The molecule has 1 nitrogen and oxygen atoms in total. The highest BCUT2D eigenvalue weighted by Gasteiger charge is 2.19. The maximum Gasteiger partial charge on any atom is 0.00100 e. The average molecular weight is 155 g/mol. The van der Waals surface area contributed by atoms with Gasteiger partial charge >= 0.3 is 0 Å². The molecule has 0 aromatic carbocycles. The van der Waals surface area contributed by atoms with Crippen LogP contribution >= 0.6 is 0 Å². The van der Waals surface area contributed by atoms with Crippen LogP contribution in [0.5, 0.6) is 0 Å². The van der Waals surface area contributed by atoms with Gasteiger partial charge in [0.15, 0.2) is 0 Å². The summed E-state index contributed by atoms with van der Waals surface area (Å²) < 4.78 is 0. The van der Waals surface area contributed by atoms with Crippen molar-refractivity contribution in [3.8, 4) is 0 Å². The molecule has 1 atom stereocenters. The first-order valence-corrected chi connectivity index (χ1v) is 5.09. The van der Waals surface area contributed by atoms with Crippen LogP contribution in [0, 0.1) is 5.92 Å². The molecule has 11 heavy (non-hydrogen) atoms. The number of hydrogen-bond acceptors (Lipinski definition) is 1. The van der Waals surface area contributed by atoms with Crippen LogP contribution in [-0.4, -0.2) is 24.5 Å². The molecule has 0 saturated carbocycles. The Morgan fingerprint density at radius 2 is 2.18 bits per heavy atom. The molecule has 1 aliphatic rings. The summed E-state index contributed by atoms with van der Waals surface area (Å²) in [7, 11) is 0. The number of likely N-dealkylation sites (tertiary alicyclic amines) is 1. The summed E-state index contributed by atoms with van der Waals surface area (Å²) in [6, 6.07) is 0. The van der Waals surface area contributed by atoms with Gasteiger partial charge in [-0.25, -0.2) is 0 Å². The van der Waals surface area contributed by atoms with Crippen LogP contribution < -0.4 is 0 Å². The van der Waals surface area contributed by atoms with E-state index in [2.05, 4.69) is 18.7 Å². The van der Waals surface area contributed by atoms with E-state index in [1.165, 1.54) is 45.3 Å². The topological polar surface area (TPSA) is 3.24 Å². The molecule has 0 radical (unpaired) electrons. The second-order valence-corrected chi connectivity index (χ2v) is 3.69. The summed E-state index contributed by atoms with van der Waals surface area (Å²) in [5.41, 5.74) is 0. The first-order valence-electron chi connectivity index (χ1n) is 5.09. The van der Waals surface area contributed by atoms with Crippen molar-refractivity contribution in [2.45, 2.75) is 39.5 Å². The summed E-state index contributed by atoms with van der Waals surface area (Å²) in [6.45, 7) is 8.53. The average Bonchev–Trinajstić information content (AvgIpc) is 2.48. The van der Waals surface area contributed by atoms with Crippen molar-refractivity contribution in [1.29, 1.82) is 0 Å². The van der Waals surface area contributed by atoms with Gasteiger partial charge in [-0.2, -0.15) is 0 Å². The highest BCUT2D eigenvalue weighted by Crippen LogP contribution is 2.20. The molecule has 1 heterocycles. The van der Waals surface area contributed by atoms with Crippen molar-refractivity contribution in [1.82, 2.24) is 4.90 Å². The Labute approximate surface area is 70.8 Å². The molecule has 0 amide bonds. The molecule has 1 saturated heterocycles. The Morgan fingerprint density at radius 1 is 1.36 bits per heavy atom. The van der Waals surface area contributed by atoms with E-state index in [9.17, 15) is 0 Å². The first-order chi connectivity index (χ1) is 5.36. The summed E-state index contributed by atoms with van der Waals surface area (Å²) in [5.74, 6) is 1.02. The predicted octanol–water partition coefficient (Wildman–Crippen LogP) is 2.52. The van der Waals surface area contributed by atoms with E-state index < -0.39 is 0 Å². The maximum atomic E-state index is 2.57. The largest absolute Gasteiger partial charge is 0.303 e. The number of hydrogen-bond donors (Lipinski definition) is 0. The van der Waals surface area contributed by atoms with Gasteiger partial charge in [-0.1, -0.05) is 26.7 Å². The quantitative estimate of drug-likeness (QED) is 0.603. The van der Waals surface area contributed by atoms with Gasteiger partial charge in [-0.05, 0) is 31.8 Å². The zero-order valence-electron chi connectivity index (χ0n) is 7.97. The fraction of sp³-hybridized carbons (Fsp3) is 1.00. The Kier molecular flexibility index (Phi) is 3.92. The highest BCUT2D eigenvalue weighted by atomic mass is 15.1. The van der Waals surface area contributed by atoms with Crippen molar-refractivity contribution in [3.63, 3.8) is 0 Å².